The van der Waals surface area contributed by atoms with Crippen molar-refractivity contribution in [1.82, 2.24) is 5.32 Å². The van der Waals surface area contributed by atoms with Crippen molar-refractivity contribution in [3.8, 4) is 6.07 Å². The van der Waals surface area contributed by atoms with Crippen LogP contribution in [0.15, 0.2) is 23.8 Å². The molecule has 0 spiro atoms. The number of hydrogen-bond donors (Lipinski definition) is 1. The van der Waals surface area contributed by atoms with E-state index in [9.17, 15) is 14.9 Å². The van der Waals surface area contributed by atoms with Gasteiger partial charge in [-0.15, -0.1) is 0 Å². The molecule has 6 nitrogen and oxygen atoms in total. The first kappa shape index (κ1) is 15.7. The molecule has 1 rings (SSSR count). The Morgan fingerprint density at radius 3 is 2.70 bits per heavy atom. The van der Waals surface area contributed by atoms with E-state index in [1.165, 1.54) is 24.3 Å². The minimum Gasteiger partial charge on any atom is -0.349 e. The van der Waals surface area contributed by atoms with Crippen LogP contribution in [0.4, 0.5) is 5.69 Å². The number of carbonyl (C=O) groups excluding carboxylic acids is 1. The van der Waals surface area contributed by atoms with E-state index < -0.39 is 10.8 Å². The molecular weight excluding hydrogens is 282 g/mol. The highest BCUT2D eigenvalue weighted by Gasteiger charge is 2.14. The van der Waals surface area contributed by atoms with Gasteiger partial charge in [0.15, 0.2) is 0 Å². The summed E-state index contributed by atoms with van der Waals surface area (Å²) in [6.45, 7) is 3.53. The minimum absolute atomic E-state index is 0.00251. The number of hydrogen-bond acceptors (Lipinski definition) is 4. The molecule has 0 aliphatic carbocycles. The van der Waals surface area contributed by atoms with Gasteiger partial charge in [0.05, 0.1) is 4.92 Å². The molecule has 1 amide bonds. The first-order valence-corrected chi connectivity index (χ1v) is 6.09. The lowest BCUT2D eigenvalue weighted by atomic mass is 10.1. The van der Waals surface area contributed by atoms with Crippen LogP contribution in [0.25, 0.3) is 6.08 Å². The van der Waals surface area contributed by atoms with Gasteiger partial charge < -0.3 is 5.32 Å². The van der Waals surface area contributed by atoms with E-state index in [1.807, 2.05) is 0 Å². The SMILES string of the molecule is CC(C)NC(=O)/C(C#N)=C/c1ccc(Cl)c([N+](=O)[O-])c1. The highest BCUT2D eigenvalue weighted by atomic mass is 35.5. The van der Waals surface area contributed by atoms with Crippen LogP contribution >= 0.6 is 11.6 Å². The molecule has 0 radical (unpaired) electrons. The molecule has 0 atom stereocenters. The van der Waals surface area contributed by atoms with E-state index in [0.717, 1.165) is 0 Å². The summed E-state index contributed by atoms with van der Waals surface area (Å²) in [5, 5.41) is 22.3. The Kier molecular flexibility index (Phi) is 5.23. The number of nitro benzene ring substituents is 1. The number of nitrogens with one attached hydrogen (secondary N) is 1. The molecule has 0 aliphatic rings. The summed E-state index contributed by atoms with van der Waals surface area (Å²) in [6, 6.07) is 5.71. The van der Waals surface area contributed by atoms with Gasteiger partial charge in [-0.05, 0) is 31.6 Å². The van der Waals surface area contributed by atoms with Crippen LogP contribution in [0.3, 0.4) is 0 Å². The molecule has 0 saturated heterocycles. The highest BCUT2D eigenvalue weighted by molar-refractivity contribution is 6.32. The molecule has 1 N–H and O–H groups in total. The summed E-state index contributed by atoms with van der Waals surface area (Å²) in [7, 11) is 0. The number of nitriles is 1. The zero-order valence-corrected chi connectivity index (χ0v) is 11.6. The van der Waals surface area contributed by atoms with Gasteiger partial charge in [-0.2, -0.15) is 5.26 Å². The van der Waals surface area contributed by atoms with E-state index in [-0.39, 0.29) is 22.3 Å². The monoisotopic (exact) mass is 293 g/mol. The number of benzene rings is 1. The van der Waals surface area contributed by atoms with Crippen LogP contribution in [0.1, 0.15) is 19.4 Å². The van der Waals surface area contributed by atoms with E-state index in [4.69, 9.17) is 16.9 Å². The van der Waals surface area contributed by atoms with Crippen LogP contribution in [-0.2, 0) is 4.79 Å². The molecule has 104 valence electrons. The molecule has 0 aromatic heterocycles. The Bertz CT molecular complexity index is 618. The summed E-state index contributed by atoms with van der Waals surface area (Å²) in [5.74, 6) is -0.528. The number of amides is 1. The fraction of sp³-hybridized carbons (Fsp3) is 0.231. The minimum atomic E-state index is -0.625. The zero-order valence-electron chi connectivity index (χ0n) is 10.9. The number of halogens is 1. The second-order valence-corrected chi connectivity index (χ2v) is 4.67. The third kappa shape index (κ3) is 4.07. The van der Waals surface area contributed by atoms with Crippen molar-refractivity contribution in [3.63, 3.8) is 0 Å². The zero-order chi connectivity index (χ0) is 15.3. The summed E-state index contributed by atoms with van der Waals surface area (Å²) >= 11 is 5.69. The molecule has 0 bridgehead atoms. The van der Waals surface area contributed by atoms with Crippen molar-refractivity contribution in [1.29, 1.82) is 5.26 Å². The highest BCUT2D eigenvalue weighted by Crippen LogP contribution is 2.26. The number of nitro groups is 1. The second kappa shape index (κ2) is 6.68. The quantitative estimate of drug-likeness (QED) is 0.399. The molecule has 7 heteroatoms. The van der Waals surface area contributed by atoms with Crippen LogP contribution in [0.5, 0.6) is 0 Å². The fourth-order valence-electron chi connectivity index (χ4n) is 1.41. The summed E-state index contributed by atoms with van der Waals surface area (Å²) < 4.78 is 0. The Hall–Kier alpha value is -2.39. The van der Waals surface area contributed by atoms with Crippen LogP contribution in [0, 0.1) is 21.4 Å². The Morgan fingerprint density at radius 2 is 2.20 bits per heavy atom. The normalized spacial score (nSPS) is 11.1. The lowest BCUT2D eigenvalue weighted by molar-refractivity contribution is -0.384. The standard InChI is InChI=1S/C13H12ClN3O3/c1-8(2)16-13(18)10(7-15)5-9-3-4-11(14)12(6-9)17(19)20/h3-6,8H,1-2H3,(H,16,18)/b10-5+. The number of carbonyl (C=O) groups is 1. The number of rotatable bonds is 4. The van der Waals surface area contributed by atoms with Crippen molar-refractivity contribution in [2.45, 2.75) is 19.9 Å². The van der Waals surface area contributed by atoms with E-state index >= 15 is 0 Å². The Morgan fingerprint density at radius 1 is 1.55 bits per heavy atom. The lowest BCUT2D eigenvalue weighted by Gasteiger charge is -2.06. The van der Waals surface area contributed by atoms with Gasteiger partial charge in [0.25, 0.3) is 11.6 Å². The largest absolute Gasteiger partial charge is 0.349 e. The maximum Gasteiger partial charge on any atom is 0.288 e. The topological polar surface area (TPSA) is 96.0 Å². The van der Waals surface area contributed by atoms with E-state index in [0.29, 0.717) is 5.56 Å². The fourth-order valence-corrected chi connectivity index (χ4v) is 1.60. The summed E-state index contributed by atoms with van der Waals surface area (Å²) in [5.41, 5.74) is -0.0474. The van der Waals surface area contributed by atoms with Gasteiger partial charge >= 0.3 is 0 Å². The van der Waals surface area contributed by atoms with Crippen molar-refractivity contribution in [3.05, 3.63) is 44.5 Å². The predicted molar refractivity (Wildman–Crippen MR) is 75.0 cm³/mol. The Labute approximate surface area is 120 Å². The maximum absolute atomic E-state index is 11.7. The molecule has 0 unspecified atom stereocenters. The smallest absolute Gasteiger partial charge is 0.288 e. The third-order valence-electron chi connectivity index (χ3n) is 2.26. The summed E-state index contributed by atoms with van der Waals surface area (Å²) in [6.07, 6.45) is 1.28. The molecule has 0 saturated carbocycles. The van der Waals surface area contributed by atoms with Gasteiger partial charge in [-0.1, -0.05) is 17.7 Å². The van der Waals surface area contributed by atoms with Crippen molar-refractivity contribution >= 4 is 29.3 Å². The van der Waals surface area contributed by atoms with Gasteiger partial charge in [-0.3, -0.25) is 14.9 Å². The van der Waals surface area contributed by atoms with Crippen LogP contribution in [0.2, 0.25) is 5.02 Å². The van der Waals surface area contributed by atoms with Crippen LogP contribution in [-0.4, -0.2) is 16.9 Å². The number of nitrogens with zero attached hydrogens (tertiary/aromatic N) is 2. The second-order valence-electron chi connectivity index (χ2n) is 4.27. The van der Waals surface area contributed by atoms with Crippen LogP contribution < -0.4 is 5.32 Å². The molecule has 0 aliphatic heterocycles. The Balaban J connectivity index is 3.14. The van der Waals surface area contributed by atoms with Crippen molar-refractivity contribution in [2.75, 3.05) is 0 Å². The van der Waals surface area contributed by atoms with Gasteiger partial charge in [0.2, 0.25) is 0 Å². The van der Waals surface area contributed by atoms with E-state index in [1.54, 1.807) is 19.9 Å². The molecule has 0 heterocycles. The first-order chi connectivity index (χ1) is 9.35. The third-order valence-corrected chi connectivity index (χ3v) is 2.58. The predicted octanol–water partition coefficient (Wildman–Crippen LogP) is 2.68. The summed E-state index contributed by atoms with van der Waals surface area (Å²) in [4.78, 5) is 21.9. The molecule has 1 aromatic rings. The average molecular weight is 294 g/mol. The molecular formula is C13H12ClN3O3. The maximum atomic E-state index is 11.7. The van der Waals surface area contributed by atoms with Gasteiger partial charge in [-0.25, -0.2) is 0 Å². The van der Waals surface area contributed by atoms with Crippen molar-refractivity contribution < 1.29 is 9.72 Å². The molecule has 0 fully saturated rings. The van der Waals surface area contributed by atoms with E-state index in [2.05, 4.69) is 5.32 Å². The molecule has 1 aromatic carbocycles. The van der Waals surface area contributed by atoms with Crippen molar-refractivity contribution in [2.24, 2.45) is 0 Å². The van der Waals surface area contributed by atoms with Gasteiger partial charge in [0.1, 0.15) is 16.7 Å². The first-order valence-electron chi connectivity index (χ1n) is 5.71. The van der Waals surface area contributed by atoms with Gasteiger partial charge in [0, 0.05) is 12.1 Å². The molecule has 20 heavy (non-hydrogen) atoms. The lowest BCUT2D eigenvalue weighted by Crippen LogP contribution is -2.30. The average Bonchev–Trinajstić information content (AvgIpc) is 2.36.